The van der Waals surface area contributed by atoms with Gasteiger partial charge in [-0.2, -0.15) is 0 Å². The first-order chi connectivity index (χ1) is 12.7. The van der Waals surface area contributed by atoms with Crippen molar-refractivity contribution in [2.75, 3.05) is 26.3 Å². The normalized spacial score (nSPS) is 16.2. The van der Waals surface area contributed by atoms with E-state index in [0.29, 0.717) is 6.54 Å². The lowest BCUT2D eigenvalue weighted by Gasteiger charge is -2.26. The van der Waals surface area contributed by atoms with Crippen LogP contribution in [0, 0.1) is 0 Å². The molecule has 1 amide bonds. The highest BCUT2D eigenvalue weighted by molar-refractivity contribution is 8.00. The van der Waals surface area contributed by atoms with E-state index in [9.17, 15) is 4.79 Å². The maximum absolute atomic E-state index is 12.4. The summed E-state index contributed by atoms with van der Waals surface area (Å²) in [6.45, 7) is 7.03. The van der Waals surface area contributed by atoms with E-state index in [1.54, 1.807) is 11.8 Å². The number of rotatable bonds is 7. The Morgan fingerprint density at radius 1 is 1.12 bits per heavy atom. The summed E-state index contributed by atoms with van der Waals surface area (Å²) in [7, 11) is 0. The van der Waals surface area contributed by atoms with Crippen molar-refractivity contribution in [2.45, 2.75) is 30.2 Å². The first kappa shape index (κ1) is 19.0. The van der Waals surface area contributed by atoms with Crippen LogP contribution in [0.1, 0.15) is 18.1 Å². The van der Waals surface area contributed by atoms with Crippen LogP contribution in [0.25, 0.3) is 0 Å². The molecule has 0 bridgehead atoms. The Morgan fingerprint density at radius 2 is 1.85 bits per heavy atom. The van der Waals surface area contributed by atoms with Crippen LogP contribution >= 0.6 is 11.8 Å². The molecule has 0 radical (unpaired) electrons. The van der Waals surface area contributed by atoms with Crippen molar-refractivity contribution >= 4 is 17.7 Å². The third-order valence-electron chi connectivity index (χ3n) is 4.39. The molecule has 1 saturated heterocycles. The van der Waals surface area contributed by atoms with Crippen molar-refractivity contribution in [3.8, 4) is 0 Å². The number of carbonyl (C=O) groups is 1. The fourth-order valence-electron chi connectivity index (χ4n) is 2.95. The van der Waals surface area contributed by atoms with Crippen molar-refractivity contribution in [3.63, 3.8) is 0 Å². The minimum Gasteiger partial charge on any atom is -0.379 e. The van der Waals surface area contributed by atoms with Gasteiger partial charge in [-0.1, -0.05) is 42.5 Å². The lowest BCUT2D eigenvalue weighted by Crippen LogP contribution is -2.35. The summed E-state index contributed by atoms with van der Waals surface area (Å²) >= 11 is 1.58. The molecule has 1 N–H and O–H groups in total. The third-order valence-corrected chi connectivity index (χ3v) is 5.51. The van der Waals surface area contributed by atoms with Crippen LogP contribution in [0.3, 0.4) is 0 Å². The second-order valence-corrected chi connectivity index (χ2v) is 7.91. The molecular formula is C21H26N2O2S. The Kier molecular flexibility index (Phi) is 7.12. The molecule has 26 heavy (non-hydrogen) atoms. The van der Waals surface area contributed by atoms with E-state index in [0.717, 1.165) is 43.3 Å². The second-order valence-electron chi connectivity index (χ2n) is 6.50. The molecule has 2 aromatic carbocycles. The van der Waals surface area contributed by atoms with Gasteiger partial charge in [0.05, 0.1) is 18.5 Å². The van der Waals surface area contributed by atoms with E-state index in [2.05, 4.69) is 34.5 Å². The van der Waals surface area contributed by atoms with E-state index in [4.69, 9.17) is 4.74 Å². The zero-order valence-electron chi connectivity index (χ0n) is 15.2. The average Bonchev–Trinajstić information content (AvgIpc) is 2.68. The number of hydrogen-bond acceptors (Lipinski definition) is 4. The molecule has 3 rings (SSSR count). The molecule has 0 aliphatic carbocycles. The molecule has 4 nitrogen and oxygen atoms in total. The highest BCUT2D eigenvalue weighted by Gasteiger charge is 2.14. The molecule has 138 valence electrons. The summed E-state index contributed by atoms with van der Waals surface area (Å²) in [6, 6.07) is 18.5. The van der Waals surface area contributed by atoms with E-state index < -0.39 is 0 Å². The highest BCUT2D eigenvalue weighted by atomic mass is 32.2. The monoisotopic (exact) mass is 370 g/mol. The fourth-order valence-corrected chi connectivity index (χ4v) is 3.86. The SMILES string of the molecule is C[C@@H](Sc1ccccc1)C(=O)NCc1cccc(CN2CCOCC2)c1. The van der Waals surface area contributed by atoms with E-state index >= 15 is 0 Å². The first-order valence-electron chi connectivity index (χ1n) is 9.08. The summed E-state index contributed by atoms with van der Waals surface area (Å²) < 4.78 is 5.40. The molecule has 0 aromatic heterocycles. The van der Waals surface area contributed by atoms with Gasteiger partial charge in [-0.15, -0.1) is 11.8 Å². The number of nitrogens with one attached hydrogen (secondary N) is 1. The molecule has 2 aromatic rings. The van der Waals surface area contributed by atoms with Gasteiger partial charge in [0.15, 0.2) is 0 Å². The quantitative estimate of drug-likeness (QED) is 0.759. The summed E-state index contributed by atoms with van der Waals surface area (Å²) in [5, 5.41) is 2.94. The molecule has 5 heteroatoms. The number of carbonyl (C=O) groups excluding carboxylic acids is 1. The van der Waals surface area contributed by atoms with Crippen LogP contribution in [-0.4, -0.2) is 42.4 Å². The van der Waals surface area contributed by atoms with E-state index in [-0.39, 0.29) is 11.2 Å². The van der Waals surface area contributed by atoms with Gasteiger partial charge in [-0.25, -0.2) is 0 Å². The van der Waals surface area contributed by atoms with Crippen molar-refractivity contribution in [3.05, 3.63) is 65.7 Å². The molecule has 0 spiro atoms. The minimum absolute atomic E-state index is 0.0671. The van der Waals surface area contributed by atoms with Crippen molar-refractivity contribution in [2.24, 2.45) is 0 Å². The molecule has 1 atom stereocenters. The maximum Gasteiger partial charge on any atom is 0.233 e. The second kappa shape index (κ2) is 9.76. The van der Waals surface area contributed by atoms with Crippen LogP contribution in [0.5, 0.6) is 0 Å². The minimum atomic E-state index is -0.117. The van der Waals surface area contributed by atoms with Gasteiger partial charge < -0.3 is 10.1 Å². The summed E-state index contributed by atoms with van der Waals surface area (Å²) in [6.07, 6.45) is 0. The highest BCUT2D eigenvalue weighted by Crippen LogP contribution is 2.22. The molecule has 1 fully saturated rings. The van der Waals surface area contributed by atoms with Crippen molar-refractivity contribution in [1.82, 2.24) is 10.2 Å². The Labute approximate surface area is 159 Å². The van der Waals surface area contributed by atoms with E-state index in [1.165, 1.54) is 5.56 Å². The number of hydrogen-bond donors (Lipinski definition) is 1. The lowest BCUT2D eigenvalue weighted by molar-refractivity contribution is -0.120. The number of thioether (sulfide) groups is 1. The summed E-state index contributed by atoms with van der Waals surface area (Å²) in [5.41, 5.74) is 2.42. The van der Waals surface area contributed by atoms with Gasteiger partial charge >= 0.3 is 0 Å². The van der Waals surface area contributed by atoms with Gasteiger partial charge in [-0.05, 0) is 30.2 Å². The first-order valence-corrected chi connectivity index (χ1v) is 9.96. The Bertz CT molecular complexity index is 702. The van der Waals surface area contributed by atoms with Crippen molar-refractivity contribution < 1.29 is 9.53 Å². The van der Waals surface area contributed by atoms with Crippen LogP contribution < -0.4 is 5.32 Å². The largest absolute Gasteiger partial charge is 0.379 e. The molecule has 1 heterocycles. The average molecular weight is 371 g/mol. The topological polar surface area (TPSA) is 41.6 Å². The smallest absolute Gasteiger partial charge is 0.233 e. The summed E-state index contributed by atoms with van der Waals surface area (Å²) in [5.74, 6) is 0.0671. The van der Waals surface area contributed by atoms with Crippen LogP contribution in [0.4, 0.5) is 0 Å². The number of ether oxygens (including phenoxy) is 1. The standard InChI is InChI=1S/C21H26N2O2S/c1-17(26-20-8-3-2-4-9-20)21(24)22-15-18-6-5-7-19(14-18)16-23-10-12-25-13-11-23/h2-9,14,17H,10-13,15-16H2,1H3,(H,22,24)/t17-/m1/s1. The zero-order valence-corrected chi connectivity index (χ0v) is 16.0. The van der Waals surface area contributed by atoms with E-state index in [1.807, 2.05) is 37.3 Å². The Hall–Kier alpha value is -1.82. The third kappa shape index (κ3) is 5.87. The van der Waals surface area contributed by atoms with Gasteiger partial charge in [0.1, 0.15) is 0 Å². The van der Waals surface area contributed by atoms with Crippen LogP contribution in [0.2, 0.25) is 0 Å². The predicted molar refractivity (Wildman–Crippen MR) is 106 cm³/mol. The zero-order chi connectivity index (χ0) is 18.2. The molecule has 0 unspecified atom stereocenters. The van der Waals surface area contributed by atoms with Gasteiger partial charge in [0.2, 0.25) is 5.91 Å². The predicted octanol–water partition coefficient (Wildman–Crippen LogP) is 3.32. The van der Waals surface area contributed by atoms with Gasteiger partial charge in [0, 0.05) is 31.1 Å². The Morgan fingerprint density at radius 3 is 2.62 bits per heavy atom. The van der Waals surface area contributed by atoms with Crippen molar-refractivity contribution in [1.29, 1.82) is 0 Å². The number of nitrogens with zero attached hydrogens (tertiary/aromatic N) is 1. The Balaban J connectivity index is 1.49. The van der Waals surface area contributed by atoms with Crippen LogP contribution in [0.15, 0.2) is 59.5 Å². The number of amides is 1. The molecule has 1 aliphatic heterocycles. The lowest BCUT2D eigenvalue weighted by atomic mass is 10.1. The van der Waals surface area contributed by atoms with Crippen LogP contribution in [-0.2, 0) is 22.6 Å². The maximum atomic E-state index is 12.4. The molecule has 1 aliphatic rings. The summed E-state index contributed by atoms with van der Waals surface area (Å²) in [4.78, 5) is 15.9. The molecule has 0 saturated carbocycles. The fraction of sp³-hybridized carbons (Fsp3) is 0.381. The number of morpholine rings is 1. The van der Waals surface area contributed by atoms with Gasteiger partial charge in [0.25, 0.3) is 0 Å². The number of benzene rings is 2. The molecular weight excluding hydrogens is 344 g/mol. The van der Waals surface area contributed by atoms with Gasteiger partial charge in [-0.3, -0.25) is 9.69 Å².